The second-order valence-electron chi connectivity index (χ2n) is 3.75. The van der Waals surface area contributed by atoms with E-state index >= 15 is 0 Å². The normalized spacial score (nSPS) is 14.1. The number of amides is 1. The topological polar surface area (TPSA) is 81.4 Å². The molecule has 0 aromatic rings. The Hall–Kier alpha value is -1.10. The first kappa shape index (κ1) is 13.9. The Balaban J connectivity index is 3.88. The summed E-state index contributed by atoms with van der Waals surface area (Å²) in [5.74, 6) is -0.572. The lowest BCUT2D eigenvalue weighted by Gasteiger charge is -2.22. The molecule has 0 aromatic heterocycles. The number of ether oxygens (including phenoxy) is 1. The number of nitrogens with two attached hydrogens (primary N) is 1. The molecule has 0 aromatic carbocycles. The summed E-state index contributed by atoms with van der Waals surface area (Å²) in [7, 11) is 1.31. The van der Waals surface area contributed by atoms with Gasteiger partial charge in [0.1, 0.15) is 0 Å². The van der Waals surface area contributed by atoms with Crippen LogP contribution < -0.4 is 11.1 Å². The Morgan fingerprint density at radius 2 is 2.07 bits per heavy atom. The molecule has 0 heterocycles. The van der Waals surface area contributed by atoms with E-state index < -0.39 is 5.54 Å². The summed E-state index contributed by atoms with van der Waals surface area (Å²) < 4.78 is 4.44. The zero-order valence-corrected chi connectivity index (χ0v) is 9.63. The van der Waals surface area contributed by atoms with E-state index in [4.69, 9.17) is 5.73 Å². The third-order valence-electron chi connectivity index (χ3n) is 2.13. The number of hydrogen-bond acceptors (Lipinski definition) is 4. The van der Waals surface area contributed by atoms with Crippen molar-refractivity contribution >= 4 is 11.9 Å². The Morgan fingerprint density at radius 3 is 2.53 bits per heavy atom. The van der Waals surface area contributed by atoms with Gasteiger partial charge < -0.3 is 15.8 Å². The van der Waals surface area contributed by atoms with E-state index in [1.54, 1.807) is 6.92 Å². The number of methoxy groups -OCH3 is 1. The van der Waals surface area contributed by atoms with Gasteiger partial charge in [-0.25, -0.2) is 0 Å². The number of hydrogen-bond donors (Lipinski definition) is 2. The molecule has 0 rings (SSSR count). The Morgan fingerprint density at radius 1 is 1.47 bits per heavy atom. The predicted octanol–water partition coefficient (Wildman–Crippen LogP) is 0.183. The fourth-order valence-corrected chi connectivity index (χ4v) is 1.21. The van der Waals surface area contributed by atoms with Crippen molar-refractivity contribution in [3.63, 3.8) is 0 Å². The number of carbonyl (C=O) groups excluding carboxylic acids is 2. The van der Waals surface area contributed by atoms with Crippen molar-refractivity contribution in [2.75, 3.05) is 13.7 Å². The summed E-state index contributed by atoms with van der Waals surface area (Å²) >= 11 is 0. The molecule has 5 nitrogen and oxygen atoms in total. The smallest absolute Gasteiger partial charge is 0.307 e. The lowest BCUT2D eigenvalue weighted by atomic mass is 9.96. The van der Waals surface area contributed by atoms with E-state index in [1.165, 1.54) is 7.11 Å². The molecule has 0 aliphatic heterocycles. The van der Waals surface area contributed by atoms with Gasteiger partial charge in [0, 0.05) is 6.54 Å². The van der Waals surface area contributed by atoms with Gasteiger partial charge in [-0.3, -0.25) is 9.59 Å². The minimum Gasteiger partial charge on any atom is -0.469 e. The SMILES string of the molecule is CCCC(C)(N)C(=O)NCCC(=O)OC. The third-order valence-corrected chi connectivity index (χ3v) is 2.13. The van der Waals surface area contributed by atoms with Gasteiger partial charge in [-0.15, -0.1) is 0 Å². The second-order valence-corrected chi connectivity index (χ2v) is 3.75. The van der Waals surface area contributed by atoms with E-state index in [9.17, 15) is 9.59 Å². The molecule has 15 heavy (non-hydrogen) atoms. The molecule has 0 spiro atoms. The minimum atomic E-state index is -0.856. The number of carbonyl (C=O) groups is 2. The summed E-state index contributed by atoms with van der Waals surface area (Å²) in [6.45, 7) is 3.92. The molecule has 0 saturated heterocycles. The van der Waals surface area contributed by atoms with Crippen LogP contribution in [0.5, 0.6) is 0 Å². The van der Waals surface area contributed by atoms with Crippen LogP contribution in [0.15, 0.2) is 0 Å². The number of rotatable bonds is 6. The van der Waals surface area contributed by atoms with Crippen LogP contribution in [0.2, 0.25) is 0 Å². The van der Waals surface area contributed by atoms with Crippen molar-refractivity contribution in [3.8, 4) is 0 Å². The highest BCUT2D eigenvalue weighted by molar-refractivity contribution is 5.85. The van der Waals surface area contributed by atoms with Gasteiger partial charge in [0.25, 0.3) is 0 Å². The number of esters is 1. The molecule has 0 saturated carbocycles. The van der Waals surface area contributed by atoms with Gasteiger partial charge >= 0.3 is 5.97 Å². The van der Waals surface area contributed by atoms with Crippen LogP contribution in [0.1, 0.15) is 33.1 Å². The first-order chi connectivity index (χ1) is 6.94. The van der Waals surface area contributed by atoms with E-state index in [2.05, 4.69) is 10.1 Å². The summed E-state index contributed by atoms with van der Waals surface area (Å²) in [6, 6.07) is 0. The van der Waals surface area contributed by atoms with Crippen LogP contribution in [0, 0.1) is 0 Å². The lowest BCUT2D eigenvalue weighted by Crippen LogP contribution is -2.51. The van der Waals surface area contributed by atoms with Gasteiger partial charge in [-0.2, -0.15) is 0 Å². The monoisotopic (exact) mass is 216 g/mol. The predicted molar refractivity (Wildman–Crippen MR) is 57.1 cm³/mol. The first-order valence-corrected chi connectivity index (χ1v) is 5.08. The zero-order chi connectivity index (χ0) is 11.9. The molecular formula is C10H20N2O3. The summed E-state index contributed by atoms with van der Waals surface area (Å²) in [5, 5.41) is 2.61. The van der Waals surface area contributed by atoms with Crippen LogP contribution in [0.25, 0.3) is 0 Å². The molecular weight excluding hydrogens is 196 g/mol. The maximum Gasteiger partial charge on any atom is 0.307 e. The average Bonchev–Trinajstić information content (AvgIpc) is 2.17. The van der Waals surface area contributed by atoms with Gasteiger partial charge in [0.05, 0.1) is 19.1 Å². The Labute approximate surface area is 90.4 Å². The van der Waals surface area contributed by atoms with E-state index in [0.29, 0.717) is 6.42 Å². The van der Waals surface area contributed by atoms with E-state index in [1.807, 2.05) is 6.92 Å². The van der Waals surface area contributed by atoms with E-state index in [0.717, 1.165) is 6.42 Å². The van der Waals surface area contributed by atoms with Crippen LogP contribution >= 0.6 is 0 Å². The molecule has 0 fully saturated rings. The standard InChI is InChI=1S/C10H20N2O3/c1-4-6-10(2,11)9(14)12-7-5-8(13)15-3/h4-7,11H2,1-3H3,(H,12,14). The second kappa shape index (κ2) is 6.40. The number of nitrogens with one attached hydrogen (secondary N) is 1. The maximum atomic E-state index is 11.5. The van der Waals surface area contributed by atoms with Crippen molar-refractivity contribution in [2.45, 2.75) is 38.6 Å². The molecule has 0 bridgehead atoms. The van der Waals surface area contributed by atoms with Crippen molar-refractivity contribution in [1.82, 2.24) is 5.32 Å². The van der Waals surface area contributed by atoms with Gasteiger partial charge in [-0.05, 0) is 13.3 Å². The molecule has 1 amide bonds. The molecule has 0 aliphatic rings. The average molecular weight is 216 g/mol. The van der Waals surface area contributed by atoms with E-state index in [-0.39, 0.29) is 24.8 Å². The Bertz CT molecular complexity index is 227. The summed E-state index contributed by atoms with van der Waals surface area (Å²) in [5.41, 5.74) is 4.94. The van der Waals surface area contributed by atoms with Crippen LogP contribution in [-0.4, -0.2) is 31.1 Å². The fraction of sp³-hybridized carbons (Fsp3) is 0.800. The molecule has 5 heteroatoms. The van der Waals surface area contributed by atoms with Crippen LogP contribution in [-0.2, 0) is 14.3 Å². The quantitative estimate of drug-likeness (QED) is 0.621. The molecule has 88 valence electrons. The van der Waals surface area contributed by atoms with Gasteiger partial charge in [-0.1, -0.05) is 13.3 Å². The molecule has 3 N–H and O–H groups in total. The highest BCUT2D eigenvalue weighted by Gasteiger charge is 2.26. The molecule has 0 radical (unpaired) electrons. The van der Waals surface area contributed by atoms with Crippen molar-refractivity contribution in [1.29, 1.82) is 0 Å². The summed E-state index contributed by atoms with van der Waals surface area (Å²) in [4.78, 5) is 22.3. The molecule has 1 atom stereocenters. The third kappa shape index (κ3) is 5.37. The van der Waals surface area contributed by atoms with Crippen molar-refractivity contribution in [3.05, 3.63) is 0 Å². The maximum absolute atomic E-state index is 11.5. The largest absolute Gasteiger partial charge is 0.469 e. The zero-order valence-electron chi connectivity index (χ0n) is 9.63. The molecule has 0 aliphatic carbocycles. The Kier molecular flexibility index (Phi) is 5.93. The first-order valence-electron chi connectivity index (χ1n) is 5.08. The van der Waals surface area contributed by atoms with Gasteiger partial charge in [0.2, 0.25) is 5.91 Å². The minimum absolute atomic E-state index is 0.171. The van der Waals surface area contributed by atoms with Crippen LogP contribution in [0.3, 0.4) is 0 Å². The van der Waals surface area contributed by atoms with Gasteiger partial charge in [0.15, 0.2) is 0 Å². The van der Waals surface area contributed by atoms with Crippen LogP contribution in [0.4, 0.5) is 0 Å². The summed E-state index contributed by atoms with van der Waals surface area (Å²) in [6.07, 6.45) is 1.64. The molecule has 1 unspecified atom stereocenters. The lowest BCUT2D eigenvalue weighted by molar-refractivity contribution is -0.140. The fourth-order valence-electron chi connectivity index (χ4n) is 1.21. The van der Waals surface area contributed by atoms with Crippen molar-refractivity contribution in [2.24, 2.45) is 5.73 Å². The highest BCUT2D eigenvalue weighted by atomic mass is 16.5. The van der Waals surface area contributed by atoms with Crippen molar-refractivity contribution < 1.29 is 14.3 Å². The highest BCUT2D eigenvalue weighted by Crippen LogP contribution is 2.07.